The van der Waals surface area contributed by atoms with Crippen LogP contribution in [0.3, 0.4) is 0 Å². The van der Waals surface area contributed by atoms with Crippen LogP contribution in [0, 0.1) is 0 Å². The van der Waals surface area contributed by atoms with Gasteiger partial charge in [-0.1, -0.05) is 12.1 Å². The number of carbonyl (C=O) groups excluding carboxylic acids is 1. The fourth-order valence-corrected chi connectivity index (χ4v) is 5.95. The van der Waals surface area contributed by atoms with Crippen LogP contribution >= 0.6 is 11.6 Å². The molecule has 154 valence electrons. The highest BCUT2D eigenvalue weighted by molar-refractivity contribution is 7.91. The summed E-state index contributed by atoms with van der Waals surface area (Å²) in [7, 11) is -1.98. The van der Waals surface area contributed by atoms with Crippen LogP contribution in [0.4, 0.5) is 5.69 Å². The summed E-state index contributed by atoms with van der Waals surface area (Å²) in [4.78, 5) is 13.3. The Balaban J connectivity index is 1.71. The number of amides is 1. The van der Waals surface area contributed by atoms with Crippen molar-refractivity contribution in [3.63, 3.8) is 0 Å². The smallest absolute Gasteiger partial charge is 0.227 e. The minimum absolute atomic E-state index is 0.0295. The fourth-order valence-electron chi connectivity index (χ4n) is 4.18. The van der Waals surface area contributed by atoms with E-state index in [4.69, 9.17) is 16.3 Å². The summed E-state index contributed by atoms with van der Waals surface area (Å²) < 4.78 is 32.2. The molecule has 0 spiro atoms. The highest BCUT2D eigenvalue weighted by Crippen LogP contribution is 2.42. The molecule has 2 aromatic carbocycles. The number of fused-ring (bicyclic) bond motifs is 1. The van der Waals surface area contributed by atoms with Gasteiger partial charge in [0.2, 0.25) is 15.7 Å². The number of anilines is 1. The van der Waals surface area contributed by atoms with Crippen molar-refractivity contribution in [3.05, 3.63) is 53.6 Å². The van der Waals surface area contributed by atoms with Crippen molar-refractivity contribution in [2.45, 2.75) is 53.4 Å². The van der Waals surface area contributed by atoms with Crippen molar-refractivity contribution in [2.75, 3.05) is 18.6 Å². The van der Waals surface area contributed by atoms with E-state index in [9.17, 15) is 13.2 Å². The number of ether oxygens (including phenoxy) is 1. The maximum atomic E-state index is 13.3. The number of carbonyl (C=O) groups is 1. The van der Waals surface area contributed by atoms with Crippen LogP contribution in [0.15, 0.2) is 52.3 Å². The van der Waals surface area contributed by atoms with Crippen LogP contribution in [-0.4, -0.2) is 34.1 Å². The molecule has 2 atom stereocenters. The van der Waals surface area contributed by atoms with E-state index in [1.54, 1.807) is 48.3 Å². The summed E-state index contributed by atoms with van der Waals surface area (Å²) in [5.74, 6) is 0.0407. The Morgan fingerprint density at radius 1 is 1.14 bits per heavy atom. The first kappa shape index (κ1) is 20.4. The van der Waals surface area contributed by atoms with Crippen molar-refractivity contribution in [1.29, 1.82) is 0 Å². The Labute approximate surface area is 176 Å². The summed E-state index contributed by atoms with van der Waals surface area (Å²) in [5, 5.41) is 0. The normalized spacial score (nSPS) is 25.0. The lowest BCUT2D eigenvalue weighted by molar-refractivity contribution is -0.118. The predicted molar refractivity (Wildman–Crippen MR) is 112 cm³/mol. The van der Waals surface area contributed by atoms with E-state index in [1.165, 1.54) is 0 Å². The number of benzene rings is 2. The molecule has 1 fully saturated rings. The van der Waals surface area contributed by atoms with Gasteiger partial charge < -0.3 is 9.64 Å². The van der Waals surface area contributed by atoms with Gasteiger partial charge in [0, 0.05) is 25.8 Å². The molecule has 2 aliphatic heterocycles. The molecule has 2 aliphatic rings. The molecule has 2 heterocycles. The topological polar surface area (TPSA) is 63.7 Å². The summed E-state index contributed by atoms with van der Waals surface area (Å²) >= 11 is 6.88. The van der Waals surface area contributed by atoms with Gasteiger partial charge in [0.05, 0.1) is 20.8 Å². The molecule has 1 saturated heterocycles. The molecule has 5 nitrogen and oxygen atoms in total. The van der Waals surface area contributed by atoms with Crippen LogP contribution in [0.1, 0.15) is 37.3 Å². The third-order valence-corrected chi connectivity index (χ3v) is 8.19. The number of halogens is 1. The van der Waals surface area contributed by atoms with E-state index < -0.39 is 14.7 Å². The summed E-state index contributed by atoms with van der Waals surface area (Å²) in [6.07, 6.45) is 2.24. The van der Waals surface area contributed by atoms with Gasteiger partial charge in [-0.3, -0.25) is 4.79 Å². The van der Waals surface area contributed by atoms with Crippen molar-refractivity contribution >= 4 is 33.0 Å². The van der Waals surface area contributed by atoms with Crippen molar-refractivity contribution in [2.24, 2.45) is 0 Å². The first-order valence-electron chi connectivity index (χ1n) is 9.76. The molecule has 0 radical (unpaired) electrons. The lowest BCUT2D eigenvalue weighted by atomic mass is 9.88. The van der Waals surface area contributed by atoms with Crippen LogP contribution < -0.4 is 4.90 Å². The van der Waals surface area contributed by atoms with E-state index in [2.05, 4.69) is 0 Å². The van der Waals surface area contributed by atoms with Crippen molar-refractivity contribution in [3.8, 4) is 0 Å². The van der Waals surface area contributed by atoms with Crippen LogP contribution in [0.5, 0.6) is 0 Å². The zero-order valence-electron chi connectivity index (χ0n) is 16.5. The second-order valence-electron chi connectivity index (χ2n) is 7.88. The lowest BCUT2D eigenvalue weighted by Gasteiger charge is -2.35. The number of sulfone groups is 1. The van der Waals surface area contributed by atoms with E-state index in [0.29, 0.717) is 32.3 Å². The number of hydrogen-bond acceptors (Lipinski definition) is 4. The van der Waals surface area contributed by atoms with Gasteiger partial charge in [-0.2, -0.15) is 0 Å². The SMILES string of the molecule is C[C@@H]1CC(Cl)(c2cccc(S(=O)(=O)c3ccc4c(c3)CCC(=O)N4C)c2)CCO1. The van der Waals surface area contributed by atoms with Crippen molar-refractivity contribution in [1.82, 2.24) is 0 Å². The molecular formula is C22H24ClNO4S. The van der Waals surface area contributed by atoms with Crippen LogP contribution in [0.25, 0.3) is 0 Å². The summed E-state index contributed by atoms with van der Waals surface area (Å²) in [5.41, 5.74) is 2.44. The molecule has 1 amide bonds. The Morgan fingerprint density at radius 2 is 1.90 bits per heavy atom. The molecule has 2 aromatic rings. The minimum atomic E-state index is -3.70. The lowest BCUT2D eigenvalue weighted by Crippen LogP contribution is -2.33. The predicted octanol–water partition coefficient (Wildman–Crippen LogP) is 4.06. The number of nitrogens with zero attached hydrogens (tertiary/aromatic N) is 1. The van der Waals surface area contributed by atoms with Crippen LogP contribution in [-0.2, 0) is 30.7 Å². The maximum absolute atomic E-state index is 13.3. The summed E-state index contributed by atoms with van der Waals surface area (Å²) in [6.45, 7) is 2.53. The zero-order valence-corrected chi connectivity index (χ0v) is 18.1. The Kier molecular flexibility index (Phi) is 5.21. The molecule has 7 heteroatoms. The van der Waals surface area contributed by atoms with Gasteiger partial charge in [0.1, 0.15) is 0 Å². The monoisotopic (exact) mass is 433 g/mol. The molecule has 0 bridgehead atoms. The van der Waals surface area contributed by atoms with Crippen molar-refractivity contribution < 1.29 is 17.9 Å². The Bertz CT molecular complexity index is 1070. The molecule has 0 N–H and O–H groups in total. The van der Waals surface area contributed by atoms with Gasteiger partial charge in [-0.25, -0.2) is 8.42 Å². The third kappa shape index (κ3) is 3.69. The average Bonchev–Trinajstić information content (AvgIpc) is 2.70. The minimum Gasteiger partial charge on any atom is -0.378 e. The highest BCUT2D eigenvalue weighted by Gasteiger charge is 2.36. The number of hydrogen-bond donors (Lipinski definition) is 0. The first-order valence-corrected chi connectivity index (χ1v) is 11.6. The van der Waals surface area contributed by atoms with E-state index >= 15 is 0 Å². The zero-order chi connectivity index (χ0) is 20.8. The highest BCUT2D eigenvalue weighted by atomic mass is 35.5. The largest absolute Gasteiger partial charge is 0.378 e. The third-order valence-electron chi connectivity index (χ3n) is 5.88. The number of rotatable bonds is 3. The number of aryl methyl sites for hydroxylation is 1. The van der Waals surface area contributed by atoms with Gasteiger partial charge in [-0.15, -0.1) is 11.6 Å². The van der Waals surface area contributed by atoms with E-state index in [0.717, 1.165) is 16.8 Å². The average molecular weight is 434 g/mol. The van der Waals surface area contributed by atoms with Gasteiger partial charge in [-0.05, 0) is 67.6 Å². The molecule has 0 aromatic heterocycles. The summed E-state index contributed by atoms with van der Waals surface area (Å²) in [6, 6.07) is 11.9. The molecular weight excluding hydrogens is 410 g/mol. The van der Waals surface area contributed by atoms with E-state index in [-0.39, 0.29) is 21.8 Å². The number of alkyl halides is 1. The second-order valence-corrected chi connectivity index (χ2v) is 10.5. The van der Waals surface area contributed by atoms with Crippen LogP contribution in [0.2, 0.25) is 0 Å². The molecule has 0 saturated carbocycles. The Hall–Kier alpha value is -1.89. The fraction of sp³-hybridized carbons (Fsp3) is 0.409. The molecule has 0 aliphatic carbocycles. The Morgan fingerprint density at radius 3 is 2.66 bits per heavy atom. The van der Waals surface area contributed by atoms with Gasteiger partial charge in [0.15, 0.2) is 0 Å². The molecule has 29 heavy (non-hydrogen) atoms. The van der Waals surface area contributed by atoms with Gasteiger partial charge >= 0.3 is 0 Å². The quantitative estimate of drug-likeness (QED) is 0.684. The first-order chi connectivity index (χ1) is 13.7. The standard InChI is InChI=1S/C22H24ClNO4S/c1-15-14-22(23,10-11-28-15)17-4-3-5-18(13-17)29(26,27)19-7-8-20-16(12-19)6-9-21(25)24(20)2/h3-5,7-8,12-13,15H,6,9-11,14H2,1-2H3/t15-,22?/m1/s1. The maximum Gasteiger partial charge on any atom is 0.227 e. The van der Waals surface area contributed by atoms with Gasteiger partial charge in [0.25, 0.3) is 0 Å². The molecule has 1 unspecified atom stereocenters. The second kappa shape index (κ2) is 7.42. The van der Waals surface area contributed by atoms with E-state index in [1.807, 2.05) is 13.0 Å². The molecule has 4 rings (SSSR count).